The Morgan fingerprint density at radius 1 is 0.973 bits per heavy atom. The molecular weight excluding hydrogens is 489 g/mol. The molecule has 0 unspecified atom stereocenters. The molecule has 0 fully saturated rings. The van der Waals surface area contributed by atoms with Crippen molar-refractivity contribution in [2.75, 3.05) is 4.72 Å². The van der Waals surface area contributed by atoms with E-state index in [9.17, 15) is 12.8 Å². The van der Waals surface area contributed by atoms with Crippen molar-refractivity contribution in [3.63, 3.8) is 0 Å². The second kappa shape index (κ2) is 10.4. The Morgan fingerprint density at radius 3 is 2.24 bits per heavy atom. The largest absolute Gasteiger partial charge is 0.330 e. The van der Waals surface area contributed by atoms with Crippen molar-refractivity contribution in [3.05, 3.63) is 90.0 Å². The minimum atomic E-state index is -4.03. The van der Waals surface area contributed by atoms with Gasteiger partial charge >= 0.3 is 0 Å². The van der Waals surface area contributed by atoms with Crippen LogP contribution in [-0.4, -0.2) is 27.9 Å². The molecule has 0 amide bonds. The van der Waals surface area contributed by atoms with E-state index in [-0.39, 0.29) is 16.3 Å². The summed E-state index contributed by atoms with van der Waals surface area (Å²) in [6.45, 7) is 11.3. The van der Waals surface area contributed by atoms with E-state index in [2.05, 4.69) is 58.9 Å². The first-order chi connectivity index (χ1) is 17.4. The van der Waals surface area contributed by atoms with Gasteiger partial charge in [0.15, 0.2) is 5.82 Å². The first-order valence-electron chi connectivity index (χ1n) is 12.2. The maximum absolute atomic E-state index is 13.3. The first kappa shape index (κ1) is 26.5. The van der Waals surface area contributed by atoms with Gasteiger partial charge in [0.05, 0.1) is 17.3 Å². The van der Waals surface area contributed by atoms with Crippen molar-refractivity contribution >= 4 is 16.0 Å². The fourth-order valence-electron chi connectivity index (χ4n) is 4.24. The minimum absolute atomic E-state index is 0.0786. The number of rotatable bonds is 8. The molecule has 0 saturated carbocycles. The van der Waals surface area contributed by atoms with E-state index in [0.29, 0.717) is 18.0 Å². The highest BCUT2D eigenvalue weighted by molar-refractivity contribution is 7.92. The topological polar surface area (TPSA) is 89.8 Å². The third-order valence-corrected chi connectivity index (χ3v) is 7.21. The Kier molecular flexibility index (Phi) is 7.45. The standard InChI is InChI=1S/C28H32FN5O2S/c1-19(2)14-21-8-11-25(37(35,36)33-27-31-16-23(29)17-32-27)24(15-21)22-9-6-20(7-10-22)18-34-13-12-30-26(34)28(3,4)5/h6-13,15-17,19H,14,18H2,1-5H3,(H,31,32,33). The fourth-order valence-corrected chi connectivity index (χ4v) is 5.41. The van der Waals surface area contributed by atoms with Gasteiger partial charge in [-0.1, -0.05) is 65.0 Å². The maximum atomic E-state index is 13.3. The Balaban J connectivity index is 1.69. The zero-order valence-corrected chi connectivity index (χ0v) is 22.6. The molecule has 0 radical (unpaired) electrons. The lowest BCUT2D eigenvalue weighted by atomic mass is 9.95. The van der Waals surface area contributed by atoms with E-state index in [1.54, 1.807) is 6.07 Å². The third-order valence-electron chi connectivity index (χ3n) is 5.83. The number of aromatic nitrogens is 4. The lowest BCUT2D eigenvalue weighted by Gasteiger charge is -2.20. The smallest absolute Gasteiger partial charge is 0.264 e. The van der Waals surface area contributed by atoms with Crippen molar-refractivity contribution < 1.29 is 12.8 Å². The molecule has 2 aromatic heterocycles. The number of sulfonamides is 1. The van der Waals surface area contributed by atoms with Crippen LogP contribution in [0.4, 0.5) is 10.3 Å². The highest BCUT2D eigenvalue weighted by Gasteiger charge is 2.22. The molecule has 1 N–H and O–H groups in total. The molecule has 194 valence electrons. The highest BCUT2D eigenvalue weighted by atomic mass is 32.2. The van der Waals surface area contributed by atoms with E-state index < -0.39 is 15.8 Å². The van der Waals surface area contributed by atoms with Crippen LogP contribution in [0.5, 0.6) is 0 Å². The van der Waals surface area contributed by atoms with E-state index >= 15 is 0 Å². The number of hydrogen-bond donors (Lipinski definition) is 1. The highest BCUT2D eigenvalue weighted by Crippen LogP contribution is 2.31. The van der Waals surface area contributed by atoms with Crippen molar-refractivity contribution in [2.24, 2.45) is 5.92 Å². The summed E-state index contributed by atoms with van der Waals surface area (Å²) in [7, 11) is -4.03. The second-order valence-electron chi connectivity index (χ2n) is 10.6. The van der Waals surface area contributed by atoms with Gasteiger partial charge in [0.1, 0.15) is 5.82 Å². The van der Waals surface area contributed by atoms with Crippen LogP contribution in [0, 0.1) is 11.7 Å². The average Bonchev–Trinajstić information content (AvgIpc) is 3.29. The third kappa shape index (κ3) is 6.40. The summed E-state index contributed by atoms with van der Waals surface area (Å²) in [5, 5.41) is 0. The second-order valence-corrected chi connectivity index (χ2v) is 12.2. The zero-order chi connectivity index (χ0) is 26.8. The number of nitrogens with one attached hydrogen (secondary N) is 1. The maximum Gasteiger partial charge on any atom is 0.264 e. The van der Waals surface area contributed by atoms with E-state index in [1.165, 1.54) is 0 Å². The normalized spacial score (nSPS) is 12.2. The molecule has 4 aromatic rings. The number of nitrogens with zero attached hydrogens (tertiary/aromatic N) is 4. The molecule has 0 aliphatic rings. The van der Waals surface area contributed by atoms with Crippen LogP contribution in [0.2, 0.25) is 0 Å². The summed E-state index contributed by atoms with van der Waals surface area (Å²) in [6.07, 6.45) is 6.43. The molecule has 2 aromatic carbocycles. The molecule has 0 spiro atoms. The summed E-state index contributed by atoms with van der Waals surface area (Å²) < 4.78 is 44.4. The zero-order valence-electron chi connectivity index (χ0n) is 21.7. The number of halogens is 1. The van der Waals surface area contributed by atoms with Crippen molar-refractivity contribution in [1.82, 2.24) is 19.5 Å². The van der Waals surface area contributed by atoms with Crippen LogP contribution < -0.4 is 4.72 Å². The van der Waals surface area contributed by atoms with Gasteiger partial charge in [-0.25, -0.2) is 32.5 Å². The summed E-state index contributed by atoms with van der Waals surface area (Å²) in [4.78, 5) is 12.1. The summed E-state index contributed by atoms with van der Waals surface area (Å²) in [5.74, 6) is 0.576. The summed E-state index contributed by atoms with van der Waals surface area (Å²) in [5.41, 5.74) is 3.39. The predicted molar refractivity (Wildman–Crippen MR) is 143 cm³/mol. The SMILES string of the molecule is CC(C)Cc1ccc(S(=O)(=O)Nc2ncc(F)cn2)c(-c2ccc(Cn3ccnc3C(C)(C)C)cc2)c1. The summed E-state index contributed by atoms with van der Waals surface area (Å²) in [6, 6.07) is 13.2. The van der Waals surface area contributed by atoms with Gasteiger partial charge in [-0.3, -0.25) is 0 Å². The van der Waals surface area contributed by atoms with Crippen LogP contribution in [-0.2, 0) is 28.4 Å². The van der Waals surface area contributed by atoms with Gasteiger partial charge in [0.2, 0.25) is 5.95 Å². The molecule has 37 heavy (non-hydrogen) atoms. The predicted octanol–water partition coefficient (Wildman–Crippen LogP) is 5.82. The molecule has 7 nitrogen and oxygen atoms in total. The molecule has 2 heterocycles. The van der Waals surface area contributed by atoms with Gasteiger partial charge in [-0.15, -0.1) is 0 Å². The number of imidazole rings is 1. The Morgan fingerprint density at radius 2 is 1.62 bits per heavy atom. The number of anilines is 1. The van der Waals surface area contributed by atoms with Gasteiger partial charge in [-0.2, -0.15) is 0 Å². The van der Waals surface area contributed by atoms with Crippen LogP contribution in [0.25, 0.3) is 11.1 Å². The molecule has 0 bridgehead atoms. The Bertz CT molecular complexity index is 1470. The molecule has 4 rings (SSSR count). The fraction of sp³-hybridized carbons (Fsp3) is 0.321. The average molecular weight is 522 g/mol. The molecule has 0 atom stereocenters. The lowest BCUT2D eigenvalue weighted by molar-refractivity contribution is 0.511. The van der Waals surface area contributed by atoms with E-state index in [0.717, 1.165) is 41.3 Å². The first-order valence-corrected chi connectivity index (χ1v) is 13.6. The van der Waals surface area contributed by atoms with E-state index in [4.69, 9.17) is 0 Å². The molecule has 0 aliphatic carbocycles. The molecule has 0 aliphatic heterocycles. The van der Waals surface area contributed by atoms with Crippen molar-refractivity contribution in [3.8, 4) is 11.1 Å². The van der Waals surface area contributed by atoms with Crippen molar-refractivity contribution in [2.45, 2.75) is 57.9 Å². The summed E-state index contributed by atoms with van der Waals surface area (Å²) >= 11 is 0. The number of benzene rings is 2. The van der Waals surface area contributed by atoms with E-state index in [1.807, 2.05) is 48.8 Å². The quantitative estimate of drug-likeness (QED) is 0.315. The number of hydrogen-bond acceptors (Lipinski definition) is 5. The van der Waals surface area contributed by atoms with Gasteiger partial charge in [-0.05, 0) is 41.2 Å². The lowest BCUT2D eigenvalue weighted by Crippen LogP contribution is -2.19. The Hall–Kier alpha value is -3.59. The van der Waals surface area contributed by atoms with Crippen LogP contribution >= 0.6 is 0 Å². The molecule has 9 heteroatoms. The Labute approximate surface area is 217 Å². The monoisotopic (exact) mass is 521 g/mol. The van der Waals surface area contributed by atoms with Crippen molar-refractivity contribution in [1.29, 1.82) is 0 Å². The van der Waals surface area contributed by atoms with Crippen LogP contribution in [0.1, 0.15) is 51.6 Å². The van der Waals surface area contributed by atoms with Gasteiger partial charge in [0.25, 0.3) is 10.0 Å². The van der Waals surface area contributed by atoms with Crippen LogP contribution in [0.15, 0.2) is 72.1 Å². The van der Waals surface area contributed by atoms with Crippen LogP contribution in [0.3, 0.4) is 0 Å². The van der Waals surface area contributed by atoms with Gasteiger partial charge < -0.3 is 4.57 Å². The molecule has 0 saturated heterocycles. The van der Waals surface area contributed by atoms with Gasteiger partial charge in [0, 0.05) is 29.9 Å². The molecular formula is C28H32FN5O2S. The minimum Gasteiger partial charge on any atom is -0.330 e.